The van der Waals surface area contributed by atoms with E-state index in [0.29, 0.717) is 5.56 Å². The van der Waals surface area contributed by atoms with Crippen molar-refractivity contribution in [2.75, 3.05) is 6.61 Å². The zero-order valence-electron chi connectivity index (χ0n) is 36.5. The van der Waals surface area contributed by atoms with Crippen LogP contribution in [-0.4, -0.2) is 58.9 Å². The monoisotopic (exact) mass is 896 g/mol. The molecule has 0 bridgehead atoms. The van der Waals surface area contributed by atoms with Gasteiger partial charge < -0.3 is 18.7 Å². The van der Waals surface area contributed by atoms with E-state index in [2.05, 4.69) is 0 Å². The third-order valence-corrected chi connectivity index (χ3v) is 21.3. The van der Waals surface area contributed by atoms with Crippen LogP contribution >= 0.6 is 0 Å². The number of aliphatic hydroxyl groups is 1. The van der Waals surface area contributed by atoms with Gasteiger partial charge in [0.05, 0.1) is 18.8 Å². The van der Waals surface area contributed by atoms with Gasteiger partial charge in [0.1, 0.15) is 12.5 Å². The molecule has 0 spiro atoms. The van der Waals surface area contributed by atoms with E-state index >= 15 is 0 Å². The van der Waals surface area contributed by atoms with Crippen molar-refractivity contribution in [3.05, 3.63) is 157 Å². The predicted molar refractivity (Wildman–Crippen MR) is 239 cm³/mol. The van der Waals surface area contributed by atoms with Gasteiger partial charge in [0, 0.05) is 0 Å². The minimum atomic E-state index is -4.83. The summed E-state index contributed by atoms with van der Waals surface area (Å²) in [5.74, 6) is -5.70. The van der Waals surface area contributed by atoms with Crippen molar-refractivity contribution in [2.45, 2.75) is 96.6 Å². The number of benzene rings is 5. The average molecular weight is 897 g/mol. The Morgan fingerprint density at radius 3 is 1.10 bits per heavy atom. The highest BCUT2D eigenvalue weighted by molar-refractivity contribution is 7.00. The maximum absolute atomic E-state index is 14.3. The number of rotatable bonds is 14. The first-order valence-electron chi connectivity index (χ1n) is 20.5. The molecule has 4 unspecified atom stereocenters. The maximum atomic E-state index is 14.3. The molecule has 0 saturated heterocycles. The highest BCUT2D eigenvalue weighted by Crippen LogP contribution is 2.42. The molecule has 5 rings (SSSR count). The summed E-state index contributed by atoms with van der Waals surface area (Å²) in [5, 5.41) is 11.9. The lowest BCUT2D eigenvalue weighted by molar-refractivity contribution is -0.212. The second kappa shape index (κ2) is 20.8. The van der Waals surface area contributed by atoms with Gasteiger partial charge in [0.25, 0.3) is 16.6 Å². The summed E-state index contributed by atoms with van der Waals surface area (Å²) in [4.78, 5) is 12.8. The molecule has 1 N–H and O–H groups in total. The first-order chi connectivity index (χ1) is 29.0. The third-order valence-electron chi connectivity index (χ3n) is 11.0. The van der Waals surface area contributed by atoms with Crippen LogP contribution < -0.4 is 20.7 Å². The fraction of sp³-hybridized carbons (Fsp3) is 0.367. The number of alkyl halides is 6. The largest absolute Gasteiger partial charge is 0.460 e. The molecule has 4 atom stereocenters. The van der Waals surface area contributed by atoms with Gasteiger partial charge in [0.15, 0.2) is 5.92 Å². The molecule has 0 aliphatic rings. The van der Waals surface area contributed by atoms with Crippen LogP contribution in [0.1, 0.15) is 61.0 Å². The van der Waals surface area contributed by atoms with Crippen LogP contribution in [0, 0.1) is 11.8 Å². The Hall–Kier alpha value is -4.54. The van der Waals surface area contributed by atoms with Crippen LogP contribution in [0.3, 0.4) is 0 Å². The zero-order chi connectivity index (χ0) is 46.0. The van der Waals surface area contributed by atoms with E-state index < -0.39 is 75.7 Å². The van der Waals surface area contributed by atoms with Crippen LogP contribution in [0.4, 0.5) is 26.3 Å². The van der Waals surface area contributed by atoms with Crippen molar-refractivity contribution in [3.63, 3.8) is 0 Å². The Morgan fingerprint density at radius 2 is 0.823 bits per heavy atom. The van der Waals surface area contributed by atoms with E-state index in [4.69, 9.17) is 13.6 Å². The molecule has 13 heteroatoms. The Bertz CT molecular complexity index is 2010. The molecule has 5 aromatic carbocycles. The van der Waals surface area contributed by atoms with Crippen molar-refractivity contribution in [2.24, 2.45) is 11.8 Å². The van der Waals surface area contributed by atoms with E-state index in [-0.39, 0.29) is 6.61 Å². The molecule has 0 saturated carbocycles. The highest BCUT2D eigenvalue weighted by Gasteiger charge is 2.57. The first-order valence-corrected chi connectivity index (χ1v) is 24.3. The van der Waals surface area contributed by atoms with E-state index in [1.165, 1.54) is 13.8 Å². The number of carbonyl (C=O) groups excluding carboxylic acids is 1. The summed E-state index contributed by atoms with van der Waals surface area (Å²) in [6.45, 7) is 13.4. The van der Waals surface area contributed by atoms with Crippen molar-refractivity contribution >= 4 is 43.4 Å². The van der Waals surface area contributed by atoms with Gasteiger partial charge in [-0.1, -0.05) is 193 Å². The fourth-order valence-electron chi connectivity index (χ4n) is 8.02. The Balaban J connectivity index is 0.000000282. The molecule has 0 aliphatic carbocycles. The standard InChI is InChI=1S/C28H31F3O3Si.C21H27F3O2Si/c1-21(25(28(29,30)31)26(32)33-20-22-14-8-5-9-15-22)34-35(27(2,3)4,23-16-10-6-11-17-23)24-18-12-7-13-19-24;1-16(19(15-25)21(22,23)24)26-27(20(2,3)4,17-11-7-5-8-12-17)18-13-9-6-10-14-18/h5-19,21,25H,20H2,1-4H3;5-14,16,19,25H,15H2,1-4H3. The lowest BCUT2D eigenvalue weighted by Crippen LogP contribution is -2.68. The van der Waals surface area contributed by atoms with E-state index in [1.54, 1.807) is 30.3 Å². The quantitative estimate of drug-likeness (QED) is 0.0684. The van der Waals surface area contributed by atoms with Crippen LogP contribution in [-0.2, 0) is 25.0 Å². The van der Waals surface area contributed by atoms with Crippen LogP contribution in [0.2, 0.25) is 10.1 Å². The molecule has 0 aromatic heterocycles. The molecule has 0 radical (unpaired) electrons. The zero-order valence-corrected chi connectivity index (χ0v) is 38.5. The third kappa shape index (κ3) is 11.7. The van der Waals surface area contributed by atoms with Crippen molar-refractivity contribution in [1.29, 1.82) is 0 Å². The molecular formula is C49H58F6O5Si2. The van der Waals surface area contributed by atoms with Crippen LogP contribution in [0.25, 0.3) is 0 Å². The van der Waals surface area contributed by atoms with Crippen molar-refractivity contribution < 1.29 is 49.8 Å². The van der Waals surface area contributed by atoms with Crippen molar-refractivity contribution in [3.8, 4) is 0 Å². The molecule has 5 nitrogen and oxygen atoms in total. The number of carbonyl (C=O) groups is 1. The van der Waals surface area contributed by atoms with Gasteiger partial charge in [-0.05, 0) is 50.2 Å². The SMILES string of the molecule is CC(O[Si](c1ccccc1)(c1ccccc1)C(C)(C)C)C(C(=O)OCc1ccccc1)C(F)(F)F.CC(O[Si](c1ccccc1)(c1ccccc1)C(C)(C)C)C(CO)C(F)(F)F. The first kappa shape index (κ1) is 50.1. The minimum absolute atomic E-state index is 0.238. The molecule has 62 heavy (non-hydrogen) atoms. The normalized spacial score (nSPS) is 14.8. The smallest absolute Gasteiger partial charge is 0.404 e. The summed E-state index contributed by atoms with van der Waals surface area (Å²) in [7, 11) is -6.38. The number of aliphatic hydroxyl groups excluding tert-OH is 1. The number of halogens is 6. The second-order valence-corrected chi connectivity index (χ2v) is 25.9. The summed E-state index contributed by atoms with van der Waals surface area (Å²) in [5.41, 5.74) is 0.613. The second-order valence-electron chi connectivity index (χ2n) is 17.4. The molecule has 0 amide bonds. The Morgan fingerprint density at radius 1 is 0.516 bits per heavy atom. The van der Waals surface area contributed by atoms with E-state index in [0.717, 1.165) is 20.7 Å². The summed E-state index contributed by atoms with van der Waals surface area (Å²) in [6.07, 6.45) is -12.0. The predicted octanol–water partition coefficient (Wildman–Crippen LogP) is 10.00. The van der Waals surface area contributed by atoms with Gasteiger partial charge >= 0.3 is 18.3 Å². The van der Waals surface area contributed by atoms with Crippen LogP contribution in [0.5, 0.6) is 0 Å². The Labute approximate surface area is 364 Å². The van der Waals surface area contributed by atoms with E-state index in [9.17, 15) is 36.2 Å². The minimum Gasteiger partial charge on any atom is -0.460 e. The van der Waals surface area contributed by atoms with E-state index in [1.807, 2.05) is 163 Å². The molecular weight excluding hydrogens is 839 g/mol. The molecule has 334 valence electrons. The summed E-state index contributed by atoms with van der Waals surface area (Å²) in [6, 6.07) is 46.4. The fourth-order valence-corrected chi connectivity index (χ4v) is 17.5. The van der Waals surface area contributed by atoms with Crippen LogP contribution in [0.15, 0.2) is 152 Å². The average Bonchev–Trinajstić information content (AvgIpc) is 3.21. The number of ether oxygens (including phenoxy) is 1. The molecule has 0 aliphatic heterocycles. The maximum Gasteiger partial charge on any atom is 0.404 e. The molecule has 0 heterocycles. The number of esters is 1. The van der Waals surface area contributed by atoms with Gasteiger partial charge in [-0.25, -0.2) is 0 Å². The highest BCUT2D eigenvalue weighted by atomic mass is 28.4. The lowest BCUT2D eigenvalue weighted by Gasteiger charge is -2.45. The molecule has 5 aromatic rings. The lowest BCUT2D eigenvalue weighted by atomic mass is 10.0. The van der Waals surface area contributed by atoms with Gasteiger partial charge in [-0.15, -0.1) is 0 Å². The number of hydrogen-bond acceptors (Lipinski definition) is 5. The number of hydrogen-bond donors (Lipinski definition) is 1. The molecule has 0 fully saturated rings. The topological polar surface area (TPSA) is 65.0 Å². The summed E-state index contributed by atoms with van der Waals surface area (Å²) >= 11 is 0. The van der Waals surface area contributed by atoms with Gasteiger partial charge in [-0.2, -0.15) is 26.3 Å². The van der Waals surface area contributed by atoms with Crippen molar-refractivity contribution in [1.82, 2.24) is 0 Å². The van der Waals surface area contributed by atoms with Gasteiger partial charge in [0.2, 0.25) is 0 Å². The summed E-state index contributed by atoms with van der Waals surface area (Å²) < 4.78 is 101. The van der Waals surface area contributed by atoms with Gasteiger partial charge in [-0.3, -0.25) is 4.79 Å². The Kier molecular flexibility index (Phi) is 16.8.